The number of fused-ring (bicyclic) bond motifs is 1. The lowest BCUT2D eigenvalue weighted by molar-refractivity contribution is -0.148. The van der Waals surface area contributed by atoms with Crippen molar-refractivity contribution in [3.8, 4) is 0 Å². The molecule has 28 heavy (non-hydrogen) atoms. The highest BCUT2D eigenvalue weighted by Gasteiger charge is 2.47. The molecule has 0 spiro atoms. The molecule has 0 unspecified atom stereocenters. The summed E-state index contributed by atoms with van der Waals surface area (Å²) in [7, 11) is 0. The van der Waals surface area contributed by atoms with Crippen LogP contribution >= 0.6 is 11.6 Å². The molecular weight excluding hydrogens is 384 g/mol. The van der Waals surface area contributed by atoms with E-state index in [0.717, 1.165) is 31.2 Å². The predicted molar refractivity (Wildman–Crippen MR) is 103 cm³/mol. The Morgan fingerprint density at radius 1 is 1.18 bits per heavy atom. The highest BCUT2D eigenvalue weighted by molar-refractivity contribution is 6.31. The molecule has 1 aromatic carbocycles. The van der Waals surface area contributed by atoms with E-state index in [-0.39, 0.29) is 36.6 Å². The number of likely N-dealkylation sites (tertiary alicyclic amines) is 1. The third-order valence-electron chi connectivity index (χ3n) is 5.31. The highest BCUT2D eigenvalue weighted by Crippen LogP contribution is 2.37. The monoisotopic (exact) mass is 406 g/mol. The molecule has 150 valence electrons. The average Bonchev–Trinajstić information content (AvgIpc) is 2.92. The highest BCUT2D eigenvalue weighted by atomic mass is 35.5. The van der Waals surface area contributed by atoms with Crippen LogP contribution in [0.3, 0.4) is 0 Å². The van der Waals surface area contributed by atoms with Gasteiger partial charge in [-0.1, -0.05) is 30.5 Å². The number of imide groups is 1. The lowest BCUT2D eigenvalue weighted by Crippen LogP contribution is -2.33. The number of aryl methyl sites for hydroxylation is 1. The van der Waals surface area contributed by atoms with Crippen LogP contribution < -0.4 is 5.32 Å². The van der Waals surface area contributed by atoms with Crippen LogP contribution in [0, 0.1) is 18.8 Å². The Balaban J connectivity index is 1.44. The molecule has 3 amide bonds. The van der Waals surface area contributed by atoms with E-state index in [1.54, 1.807) is 18.2 Å². The van der Waals surface area contributed by atoms with E-state index < -0.39 is 18.5 Å². The molecule has 2 atom stereocenters. The minimum Gasteiger partial charge on any atom is -0.456 e. The Hall–Kier alpha value is -2.41. The number of amides is 3. The van der Waals surface area contributed by atoms with Gasteiger partial charge in [-0.15, -0.1) is 0 Å². The summed E-state index contributed by atoms with van der Waals surface area (Å²) in [5.74, 6) is -1.95. The summed E-state index contributed by atoms with van der Waals surface area (Å²) in [6.07, 6.45) is 3.26. The van der Waals surface area contributed by atoms with Gasteiger partial charge in [-0.2, -0.15) is 0 Å². The molecule has 1 aromatic rings. The molecular formula is C20H23ClN2O5. The summed E-state index contributed by atoms with van der Waals surface area (Å²) in [6.45, 7) is 1.37. The molecule has 8 heteroatoms. The number of esters is 1. The number of hydrogen-bond donors (Lipinski definition) is 1. The van der Waals surface area contributed by atoms with Crippen molar-refractivity contribution < 1.29 is 23.9 Å². The standard InChI is InChI=1S/C20H23ClN2O5/c1-12-6-7-13(21)10-16(12)22-17(24)11-28-18(25)8-9-23-19(26)14-4-2-3-5-15(14)20(23)27/h6-7,10,14-15H,2-5,8-9,11H2,1H3,(H,22,24)/t14-,15-/m1/s1. The Labute approximate surface area is 168 Å². The average molecular weight is 407 g/mol. The SMILES string of the molecule is Cc1ccc(Cl)cc1NC(=O)COC(=O)CCN1C(=O)[C@@H]2CCCC[C@H]2C1=O. The maximum atomic E-state index is 12.4. The van der Waals surface area contributed by atoms with Crippen molar-refractivity contribution in [3.63, 3.8) is 0 Å². The number of nitrogens with one attached hydrogen (secondary N) is 1. The Bertz CT molecular complexity index is 786. The summed E-state index contributed by atoms with van der Waals surface area (Å²) >= 11 is 5.90. The van der Waals surface area contributed by atoms with E-state index in [9.17, 15) is 19.2 Å². The first-order chi connectivity index (χ1) is 13.4. The van der Waals surface area contributed by atoms with Crippen LogP contribution in [-0.2, 0) is 23.9 Å². The number of carbonyl (C=O) groups excluding carboxylic acids is 4. The van der Waals surface area contributed by atoms with Gasteiger partial charge in [0.2, 0.25) is 11.8 Å². The van der Waals surface area contributed by atoms with Crippen molar-refractivity contribution in [1.29, 1.82) is 0 Å². The quantitative estimate of drug-likeness (QED) is 0.579. The van der Waals surface area contributed by atoms with E-state index in [2.05, 4.69) is 5.32 Å². The molecule has 1 N–H and O–H groups in total. The molecule has 1 heterocycles. The lowest BCUT2D eigenvalue weighted by Gasteiger charge is -2.19. The summed E-state index contributed by atoms with van der Waals surface area (Å²) < 4.78 is 4.96. The van der Waals surface area contributed by atoms with Crippen LogP contribution in [0.25, 0.3) is 0 Å². The number of halogens is 1. The zero-order valence-electron chi connectivity index (χ0n) is 15.7. The van der Waals surface area contributed by atoms with Gasteiger partial charge in [0.15, 0.2) is 6.61 Å². The number of carbonyl (C=O) groups is 4. The van der Waals surface area contributed by atoms with Gasteiger partial charge < -0.3 is 10.1 Å². The fraction of sp³-hybridized carbons (Fsp3) is 0.500. The number of rotatable bonds is 6. The zero-order valence-corrected chi connectivity index (χ0v) is 16.5. The third-order valence-corrected chi connectivity index (χ3v) is 5.55. The predicted octanol–water partition coefficient (Wildman–Crippen LogP) is 2.70. The van der Waals surface area contributed by atoms with Crippen molar-refractivity contribution in [1.82, 2.24) is 4.90 Å². The van der Waals surface area contributed by atoms with Crippen molar-refractivity contribution in [2.45, 2.75) is 39.0 Å². The summed E-state index contributed by atoms with van der Waals surface area (Å²) in [5.41, 5.74) is 1.38. The summed E-state index contributed by atoms with van der Waals surface area (Å²) in [5, 5.41) is 3.12. The smallest absolute Gasteiger partial charge is 0.308 e. The molecule has 1 aliphatic heterocycles. The van der Waals surface area contributed by atoms with E-state index in [1.807, 2.05) is 6.92 Å². The van der Waals surface area contributed by atoms with Gasteiger partial charge in [-0.25, -0.2) is 0 Å². The molecule has 0 radical (unpaired) electrons. The van der Waals surface area contributed by atoms with Crippen LogP contribution in [0.4, 0.5) is 5.69 Å². The minimum absolute atomic E-state index is 0.00147. The topological polar surface area (TPSA) is 92.8 Å². The number of benzene rings is 1. The molecule has 0 bridgehead atoms. The minimum atomic E-state index is -0.631. The molecule has 2 fully saturated rings. The first-order valence-corrected chi connectivity index (χ1v) is 9.81. The van der Waals surface area contributed by atoms with E-state index in [0.29, 0.717) is 10.7 Å². The number of ether oxygens (including phenoxy) is 1. The van der Waals surface area contributed by atoms with Gasteiger partial charge in [-0.05, 0) is 37.5 Å². The molecule has 1 aliphatic carbocycles. The first kappa shape index (κ1) is 20.3. The maximum absolute atomic E-state index is 12.4. The lowest BCUT2D eigenvalue weighted by atomic mass is 9.81. The normalized spacial score (nSPS) is 21.4. The number of hydrogen-bond acceptors (Lipinski definition) is 5. The van der Waals surface area contributed by atoms with E-state index >= 15 is 0 Å². The second-order valence-corrected chi connectivity index (χ2v) is 7.68. The van der Waals surface area contributed by atoms with Crippen molar-refractivity contribution in [3.05, 3.63) is 28.8 Å². The third kappa shape index (κ3) is 4.52. The Kier molecular flexibility index (Phi) is 6.34. The van der Waals surface area contributed by atoms with Crippen molar-refractivity contribution in [2.75, 3.05) is 18.5 Å². The van der Waals surface area contributed by atoms with Crippen LogP contribution in [0.15, 0.2) is 18.2 Å². The van der Waals surface area contributed by atoms with Crippen LogP contribution in [0.2, 0.25) is 5.02 Å². The van der Waals surface area contributed by atoms with Crippen molar-refractivity contribution in [2.24, 2.45) is 11.8 Å². The summed E-state index contributed by atoms with van der Waals surface area (Å²) in [6, 6.07) is 5.09. The van der Waals surface area contributed by atoms with E-state index in [1.165, 1.54) is 4.90 Å². The van der Waals surface area contributed by atoms with Gasteiger partial charge in [0.05, 0.1) is 18.3 Å². The van der Waals surface area contributed by atoms with Crippen LogP contribution in [0.1, 0.15) is 37.7 Å². The molecule has 1 saturated carbocycles. The first-order valence-electron chi connectivity index (χ1n) is 9.43. The molecule has 0 aromatic heterocycles. The van der Waals surface area contributed by atoms with Gasteiger partial charge in [-0.3, -0.25) is 24.1 Å². The maximum Gasteiger partial charge on any atom is 0.308 e. The summed E-state index contributed by atoms with van der Waals surface area (Å²) in [4.78, 5) is 49.8. The van der Waals surface area contributed by atoms with Gasteiger partial charge in [0.25, 0.3) is 5.91 Å². The van der Waals surface area contributed by atoms with Crippen LogP contribution in [-0.4, -0.2) is 41.7 Å². The van der Waals surface area contributed by atoms with Gasteiger partial charge in [0, 0.05) is 17.3 Å². The molecule has 2 aliphatic rings. The van der Waals surface area contributed by atoms with Crippen molar-refractivity contribution >= 4 is 41.0 Å². The largest absolute Gasteiger partial charge is 0.456 e. The zero-order chi connectivity index (χ0) is 20.3. The number of nitrogens with zero attached hydrogens (tertiary/aromatic N) is 1. The second kappa shape index (κ2) is 8.73. The van der Waals surface area contributed by atoms with Gasteiger partial charge >= 0.3 is 5.97 Å². The second-order valence-electron chi connectivity index (χ2n) is 7.24. The van der Waals surface area contributed by atoms with Crippen LogP contribution in [0.5, 0.6) is 0 Å². The molecule has 3 rings (SSSR count). The molecule has 7 nitrogen and oxygen atoms in total. The van der Waals surface area contributed by atoms with Gasteiger partial charge in [0.1, 0.15) is 0 Å². The fourth-order valence-electron chi connectivity index (χ4n) is 3.79. The molecule has 1 saturated heterocycles. The Morgan fingerprint density at radius 2 is 1.82 bits per heavy atom. The fourth-order valence-corrected chi connectivity index (χ4v) is 3.96. The van der Waals surface area contributed by atoms with E-state index in [4.69, 9.17) is 16.3 Å². The Morgan fingerprint density at radius 3 is 2.46 bits per heavy atom. The number of anilines is 1.